The summed E-state index contributed by atoms with van der Waals surface area (Å²) in [5, 5.41) is 4.71. The molecule has 11 heteroatoms. The number of rotatable bonds is 9. The van der Waals surface area contributed by atoms with Crippen LogP contribution in [0.25, 0.3) is 11.3 Å². The number of H-pyrrole nitrogens is 1. The molecule has 180 valence electrons. The van der Waals surface area contributed by atoms with E-state index in [0.717, 1.165) is 0 Å². The van der Waals surface area contributed by atoms with E-state index >= 15 is 0 Å². The number of hydrogen-bond acceptors (Lipinski definition) is 9. The van der Waals surface area contributed by atoms with Crippen LogP contribution in [0.2, 0.25) is 0 Å². The van der Waals surface area contributed by atoms with Gasteiger partial charge in [0.2, 0.25) is 0 Å². The summed E-state index contributed by atoms with van der Waals surface area (Å²) in [6, 6.07) is 5.33. The lowest BCUT2D eigenvalue weighted by Gasteiger charge is -2.08. The van der Waals surface area contributed by atoms with Gasteiger partial charge in [-0.15, -0.1) is 11.3 Å². The van der Waals surface area contributed by atoms with E-state index in [-0.39, 0.29) is 5.69 Å². The van der Waals surface area contributed by atoms with Gasteiger partial charge in [-0.05, 0) is 37.1 Å². The van der Waals surface area contributed by atoms with Gasteiger partial charge in [0, 0.05) is 16.6 Å². The van der Waals surface area contributed by atoms with Crippen molar-refractivity contribution in [2.24, 2.45) is 0 Å². The predicted molar refractivity (Wildman–Crippen MR) is 126 cm³/mol. The standard InChI is InChI=1S/C23H25N3O7S/c1-6-15-19(21(28)32-5)12(2)20(24-15)22(29)33-10-18(27)26-23-25-16(11-34-23)14-9-13(30-3)7-8-17(14)31-4/h7-9,11,24H,6,10H2,1-5H3,(H,25,26,27). The number of ether oxygens (including phenoxy) is 4. The number of esters is 2. The Hall–Kier alpha value is -3.86. The lowest BCUT2D eigenvalue weighted by Crippen LogP contribution is -2.21. The van der Waals surface area contributed by atoms with E-state index < -0.39 is 24.5 Å². The third-order valence-corrected chi connectivity index (χ3v) is 5.80. The quantitative estimate of drug-likeness (QED) is 0.438. The molecule has 2 heterocycles. The number of nitrogens with one attached hydrogen (secondary N) is 2. The van der Waals surface area contributed by atoms with Crippen molar-refractivity contribution in [2.45, 2.75) is 20.3 Å². The molecule has 1 aromatic carbocycles. The number of thiazole rings is 1. The van der Waals surface area contributed by atoms with Crippen molar-refractivity contribution in [3.8, 4) is 22.8 Å². The largest absolute Gasteiger partial charge is 0.497 e. The maximum absolute atomic E-state index is 12.5. The Morgan fingerprint density at radius 1 is 1.12 bits per heavy atom. The first-order valence-corrected chi connectivity index (χ1v) is 11.1. The number of methoxy groups -OCH3 is 3. The lowest BCUT2D eigenvalue weighted by molar-refractivity contribution is -0.119. The van der Waals surface area contributed by atoms with Crippen LogP contribution in [0.15, 0.2) is 23.6 Å². The molecule has 0 aliphatic carbocycles. The molecule has 0 aliphatic rings. The summed E-state index contributed by atoms with van der Waals surface area (Å²) in [6.45, 7) is 2.93. The molecule has 3 aromatic rings. The number of aromatic nitrogens is 2. The normalized spacial score (nSPS) is 10.5. The molecular formula is C23H25N3O7S. The number of hydrogen-bond donors (Lipinski definition) is 2. The van der Waals surface area contributed by atoms with Crippen molar-refractivity contribution < 1.29 is 33.3 Å². The second-order valence-electron chi connectivity index (χ2n) is 7.05. The van der Waals surface area contributed by atoms with Gasteiger partial charge in [0.1, 0.15) is 17.2 Å². The van der Waals surface area contributed by atoms with Gasteiger partial charge >= 0.3 is 11.9 Å². The summed E-state index contributed by atoms with van der Waals surface area (Å²) in [7, 11) is 4.39. The second-order valence-corrected chi connectivity index (χ2v) is 7.91. The molecule has 3 rings (SSSR count). The number of nitrogens with zero attached hydrogens (tertiary/aromatic N) is 1. The predicted octanol–water partition coefficient (Wildman–Crippen LogP) is 3.61. The smallest absolute Gasteiger partial charge is 0.355 e. The Balaban J connectivity index is 1.66. The monoisotopic (exact) mass is 487 g/mol. The molecule has 2 aromatic heterocycles. The first-order valence-electron chi connectivity index (χ1n) is 10.3. The molecular weight excluding hydrogens is 462 g/mol. The van der Waals surface area contributed by atoms with E-state index in [1.165, 1.54) is 18.4 Å². The molecule has 0 spiro atoms. The van der Waals surface area contributed by atoms with Gasteiger partial charge in [-0.25, -0.2) is 14.6 Å². The molecule has 0 aliphatic heterocycles. The average Bonchev–Trinajstić information content (AvgIpc) is 3.45. The molecule has 34 heavy (non-hydrogen) atoms. The number of anilines is 1. The third-order valence-electron chi connectivity index (χ3n) is 5.04. The molecule has 0 bridgehead atoms. The Morgan fingerprint density at radius 2 is 1.88 bits per heavy atom. The third kappa shape index (κ3) is 5.20. The maximum atomic E-state index is 12.5. The molecule has 0 radical (unpaired) electrons. The van der Waals surface area contributed by atoms with Crippen LogP contribution in [-0.2, 0) is 20.7 Å². The van der Waals surface area contributed by atoms with Crippen LogP contribution in [-0.4, -0.2) is 55.8 Å². The molecule has 0 atom stereocenters. The number of amides is 1. The van der Waals surface area contributed by atoms with E-state index in [1.54, 1.807) is 44.7 Å². The fraction of sp³-hybridized carbons (Fsp3) is 0.304. The van der Waals surface area contributed by atoms with Gasteiger partial charge in [0.05, 0.1) is 32.6 Å². The Labute approximate surface area is 200 Å². The summed E-state index contributed by atoms with van der Waals surface area (Å²) in [6.07, 6.45) is 0.490. The summed E-state index contributed by atoms with van der Waals surface area (Å²) in [4.78, 5) is 44.2. The van der Waals surface area contributed by atoms with Crippen LogP contribution in [0.5, 0.6) is 11.5 Å². The molecule has 0 fully saturated rings. The van der Waals surface area contributed by atoms with Crippen molar-refractivity contribution in [3.63, 3.8) is 0 Å². The van der Waals surface area contributed by atoms with E-state index in [4.69, 9.17) is 18.9 Å². The first kappa shape index (κ1) is 24.8. The van der Waals surface area contributed by atoms with E-state index in [1.807, 2.05) is 6.92 Å². The molecule has 0 unspecified atom stereocenters. The van der Waals surface area contributed by atoms with Crippen LogP contribution in [0.3, 0.4) is 0 Å². The SMILES string of the molecule is CCc1[nH]c(C(=O)OCC(=O)Nc2nc(-c3cc(OC)ccc3OC)cs2)c(C)c1C(=O)OC. The van der Waals surface area contributed by atoms with E-state index in [0.29, 0.717) is 51.1 Å². The summed E-state index contributed by atoms with van der Waals surface area (Å²) >= 11 is 1.21. The van der Waals surface area contributed by atoms with Crippen molar-refractivity contribution in [2.75, 3.05) is 33.3 Å². The fourth-order valence-electron chi connectivity index (χ4n) is 3.33. The summed E-state index contributed by atoms with van der Waals surface area (Å²) in [5.41, 5.74) is 2.67. The van der Waals surface area contributed by atoms with Crippen molar-refractivity contribution in [1.82, 2.24) is 9.97 Å². The second kappa shape index (κ2) is 10.8. The minimum absolute atomic E-state index is 0.103. The van der Waals surface area contributed by atoms with Gasteiger partial charge < -0.3 is 23.9 Å². The Morgan fingerprint density at radius 3 is 2.53 bits per heavy atom. The molecule has 10 nitrogen and oxygen atoms in total. The van der Waals surface area contributed by atoms with Crippen molar-refractivity contribution in [1.29, 1.82) is 0 Å². The van der Waals surface area contributed by atoms with Crippen LogP contribution in [0.1, 0.15) is 39.0 Å². The number of aryl methyl sites for hydroxylation is 1. The van der Waals surface area contributed by atoms with Crippen LogP contribution in [0.4, 0.5) is 5.13 Å². The molecule has 1 amide bonds. The number of aromatic amines is 1. The molecule has 0 saturated heterocycles. The van der Waals surface area contributed by atoms with Crippen molar-refractivity contribution >= 4 is 34.3 Å². The van der Waals surface area contributed by atoms with Gasteiger partial charge in [0.15, 0.2) is 11.7 Å². The van der Waals surface area contributed by atoms with E-state index in [2.05, 4.69) is 15.3 Å². The fourth-order valence-corrected chi connectivity index (χ4v) is 4.06. The maximum Gasteiger partial charge on any atom is 0.355 e. The minimum Gasteiger partial charge on any atom is -0.497 e. The zero-order chi connectivity index (χ0) is 24.8. The minimum atomic E-state index is -0.751. The summed E-state index contributed by atoms with van der Waals surface area (Å²) < 4.78 is 20.6. The number of benzene rings is 1. The first-order chi connectivity index (χ1) is 16.3. The van der Waals surface area contributed by atoms with Gasteiger partial charge in [-0.3, -0.25) is 10.1 Å². The van der Waals surface area contributed by atoms with Gasteiger partial charge in [-0.2, -0.15) is 0 Å². The van der Waals surface area contributed by atoms with Gasteiger partial charge in [0.25, 0.3) is 5.91 Å². The Kier molecular flexibility index (Phi) is 7.90. The number of carbonyl (C=O) groups is 3. The number of carbonyl (C=O) groups excluding carboxylic acids is 3. The zero-order valence-electron chi connectivity index (χ0n) is 19.4. The van der Waals surface area contributed by atoms with Crippen LogP contribution >= 0.6 is 11.3 Å². The molecule has 2 N–H and O–H groups in total. The lowest BCUT2D eigenvalue weighted by atomic mass is 10.1. The van der Waals surface area contributed by atoms with Gasteiger partial charge in [-0.1, -0.05) is 6.92 Å². The highest BCUT2D eigenvalue weighted by atomic mass is 32.1. The summed E-state index contributed by atoms with van der Waals surface area (Å²) in [5.74, 6) is -0.604. The zero-order valence-corrected chi connectivity index (χ0v) is 20.3. The average molecular weight is 488 g/mol. The molecule has 0 saturated carbocycles. The highest BCUT2D eigenvalue weighted by Crippen LogP contribution is 2.35. The van der Waals surface area contributed by atoms with Crippen LogP contribution in [0, 0.1) is 6.92 Å². The Bertz CT molecular complexity index is 1220. The van der Waals surface area contributed by atoms with Crippen molar-refractivity contribution in [3.05, 3.63) is 46.1 Å². The van der Waals surface area contributed by atoms with Crippen LogP contribution < -0.4 is 14.8 Å². The van der Waals surface area contributed by atoms with E-state index in [9.17, 15) is 14.4 Å². The highest BCUT2D eigenvalue weighted by Gasteiger charge is 2.25. The topological polar surface area (TPSA) is 129 Å². The highest BCUT2D eigenvalue weighted by molar-refractivity contribution is 7.14.